The molecule has 70 valence electrons. The highest BCUT2D eigenvalue weighted by Gasteiger charge is 2.26. The van der Waals surface area contributed by atoms with Crippen LogP contribution >= 0.6 is 11.8 Å². The van der Waals surface area contributed by atoms with Gasteiger partial charge in [-0.15, -0.1) is 11.8 Å². The Morgan fingerprint density at radius 1 is 1.54 bits per heavy atom. The maximum absolute atomic E-state index is 4.20. The lowest BCUT2D eigenvalue weighted by Gasteiger charge is -2.32. The van der Waals surface area contributed by atoms with E-state index in [2.05, 4.69) is 24.0 Å². The predicted octanol–water partition coefficient (Wildman–Crippen LogP) is 2.50. The van der Waals surface area contributed by atoms with Gasteiger partial charge in [0.1, 0.15) is 5.04 Å². The van der Waals surface area contributed by atoms with Gasteiger partial charge in [0.25, 0.3) is 0 Å². The van der Waals surface area contributed by atoms with Gasteiger partial charge >= 0.3 is 0 Å². The molecule has 0 saturated heterocycles. The largest absolute Gasteiger partial charge is 0.278 e. The van der Waals surface area contributed by atoms with Gasteiger partial charge in [-0.2, -0.15) is 5.10 Å². The molecule has 13 heavy (non-hydrogen) atoms. The van der Waals surface area contributed by atoms with E-state index < -0.39 is 0 Å². The van der Waals surface area contributed by atoms with Crippen LogP contribution in [0.3, 0.4) is 0 Å². The first-order valence-electron chi connectivity index (χ1n) is 4.61. The Balaban J connectivity index is 1.83. The Hall–Kier alpha value is -0.700. The summed E-state index contributed by atoms with van der Waals surface area (Å²) in [5.74, 6) is 0.911. The summed E-state index contributed by atoms with van der Waals surface area (Å²) in [6.45, 7) is 6.06. The molecule has 1 saturated carbocycles. The first kappa shape index (κ1) is 8.88. The molecule has 2 rings (SSSR count). The quantitative estimate of drug-likeness (QED) is 0.693. The van der Waals surface area contributed by atoms with Crippen molar-refractivity contribution in [2.75, 3.05) is 0 Å². The van der Waals surface area contributed by atoms with Gasteiger partial charge in [0, 0.05) is 10.9 Å². The van der Waals surface area contributed by atoms with Crippen molar-refractivity contribution >= 4 is 16.8 Å². The van der Waals surface area contributed by atoms with Crippen molar-refractivity contribution in [2.24, 2.45) is 11.0 Å². The topological polar surface area (TPSA) is 24.4 Å². The van der Waals surface area contributed by atoms with Crippen LogP contribution in [0.25, 0.3) is 0 Å². The highest BCUT2D eigenvalue weighted by Crippen LogP contribution is 2.37. The highest BCUT2D eigenvalue weighted by molar-refractivity contribution is 8.14. The molecule has 0 atom stereocenters. The third-order valence-corrected chi connectivity index (χ3v) is 3.54. The molecular weight excluding hydrogens is 180 g/mol. The molecule has 1 fully saturated rings. The Labute approximate surface area is 83.2 Å². The molecule has 2 aliphatic rings. The minimum absolute atomic E-state index is 0.784. The smallest absolute Gasteiger partial charge is 0.117 e. The Bertz CT molecular complexity index is 275. The molecule has 0 aromatic heterocycles. The summed E-state index contributed by atoms with van der Waals surface area (Å²) in [7, 11) is 0. The van der Waals surface area contributed by atoms with Crippen molar-refractivity contribution in [3.8, 4) is 0 Å². The molecule has 1 N–H and O–H groups in total. The zero-order valence-electron chi connectivity index (χ0n) is 7.79. The van der Waals surface area contributed by atoms with E-state index in [9.17, 15) is 0 Å². The second-order valence-corrected chi connectivity index (χ2v) is 5.06. The molecule has 0 aromatic rings. The lowest BCUT2D eigenvalue weighted by molar-refractivity contribution is 0.361. The Morgan fingerprint density at radius 3 is 2.85 bits per heavy atom. The van der Waals surface area contributed by atoms with Crippen molar-refractivity contribution in [2.45, 2.75) is 25.0 Å². The minimum Gasteiger partial charge on any atom is -0.278 e. The third kappa shape index (κ3) is 2.15. The SMILES string of the molecule is C=C1C=CC(SC2CC(C)C2)=NN1. The summed E-state index contributed by atoms with van der Waals surface area (Å²) >= 11 is 1.87. The first-order valence-corrected chi connectivity index (χ1v) is 5.49. The summed E-state index contributed by atoms with van der Waals surface area (Å²) in [5, 5.41) is 6.07. The van der Waals surface area contributed by atoms with Crippen LogP contribution in [0, 0.1) is 5.92 Å². The van der Waals surface area contributed by atoms with Gasteiger partial charge in [-0.05, 0) is 30.9 Å². The Kier molecular flexibility index (Phi) is 2.44. The third-order valence-electron chi connectivity index (χ3n) is 2.35. The van der Waals surface area contributed by atoms with Crippen molar-refractivity contribution in [3.63, 3.8) is 0 Å². The van der Waals surface area contributed by atoms with Gasteiger partial charge in [0.05, 0.1) is 0 Å². The van der Waals surface area contributed by atoms with Gasteiger partial charge < -0.3 is 0 Å². The van der Waals surface area contributed by atoms with Crippen LogP contribution in [-0.4, -0.2) is 10.3 Å². The van der Waals surface area contributed by atoms with Crippen molar-refractivity contribution < 1.29 is 0 Å². The lowest BCUT2D eigenvalue weighted by atomic mass is 9.87. The van der Waals surface area contributed by atoms with E-state index in [1.165, 1.54) is 12.8 Å². The number of allylic oxidation sites excluding steroid dienone is 1. The zero-order chi connectivity index (χ0) is 9.26. The molecule has 3 heteroatoms. The second-order valence-electron chi connectivity index (χ2n) is 3.74. The molecule has 0 spiro atoms. The monoisotopic (exact) mass is 194 g/mol. The number of thioether (sulfide) groups is 1. The molecule has 0 unspecified atom stereocenters. The normalized spacial score (nSPS) is 32.1. The average Bonchev–Trinajstić information content (AvgIpc) is 2.06. The number of hydrogen-bond donors (Lipinski definition) is 1. The number of hydrazone groups is 1. The summed E-state index contributed by atoms with van der Waals surface area (Å²) in [4.78, 5) is 0. The van der Waals surface area contributed by atoms with E-state index in [0.717, 1.165) is 21.9 Å². The molecule has 2 nitrogen and oxygen atoms in total. The number of nitrogens with one attached hydrogen (secondary N) is 1. The summed E-state index contributed by atoms with van der Waals surface area (Å²) in [6, 6.07) is 0. The number of nitrogens with zero attached hydrogens (tertiary/aromatic N) is 1. The highest BCUT2D eigenvalue weighted by atomic mass is 32.2. The fourth-order valence-corrected chi connectivity index (χ4v) is 2.97. The van der Waals surface area contributed by atoms with E-state index in [-0.39, 0.29) is 0 Å². The fourth-order valence-electron chi connectivity index (χ4n) is 1.53. The lowest BCUT2D eigenvalue weighted by Crippen LogP contribution is -2.25. The number of rotatable bonds is 1. The van der Waals surface area contributed by atoms with E-state index in [0.29, 0.717) is 0 Å². The van der Waals surface area contributed by atoms with Crippen LogP contribution in [0.5, 0.6) is 0 Å². The van der Waals surface area contributed by atoms with Gasteiger partial charge in [0.15, 0.2) is 0 Å². The summed E-state index contributed by atoms with van der Waals surface area (Å²) in [5.41, 5.74) is 3.75. The van der Waals surface area contributed by atoms with Gasteiger partial charge in [-0.1, -0.05) is 13.5 Å². The van der Waals surface area contributed by atoms with E-state index >= 15 is 0 Å². The van der Waals surface area contributed by atoms with Crippen LogP contribution in [0.2, 0.25) is 0 Å². The second kappa shape index (κ2) is 3.58. The van der Waals surface area contributed by atoms with Crippen molar-refractivity contribution in [3.05, 3.63) is 24.4 Å². The first-order chi connectivity index (χ1) is 6.24. The van der Waals surface area contributed by atoms with Crippen LogP contribution in [-0.2, 0) is 0 Å². The summed E-state index contributed by atoms with van der Waals surface area (Å²) in [6.07, 6.45) is 6.67. The molecule has 0 amide bonds. The zero-order valence-corrected chi connectivity index (χ0v) is 8.60. The maximum Gasteiger partial charge on any atom is 0.117 e. The fraction of sp³-hybridized carbons (Fsp3) is 0.500. The van der Waals surface area contributed by atoms with E-state index in [4.69, 9.17) is 0 Å². The molecule has 0 aromatic carbocycles. The molecule has 1 heterocycles. The van der Waals surface area contributed by atoms with Crippen LogP contribution in [0.1, 0.15) is 19.8 Å². The van der Waals surface area contributed by atoms with E-state index in [1.807, 2.05) is 23.9 Å². The van der Waals surface area contributed by atoms with Gasteiger partial charge in [-0.3, -0.25) is 5.43 Å². The van der Waals surface area contributed by atoms with Crippen LogP contribution in [0.15, 0.2) is 29.5 Å². The van der Waals surface area contributed by atoms with Crippen LogP contribution < -0.4 is 5.43 Å². The summed E-state index contributed by atoms with van der Waals surface area (Å²) < 4.78 is 0. The minimum atomic E-state index is 0.784. The van der Waals surface area contributed by atoms with Crippen molar-refractivity contribution in [1.82, 2.24) is 5.43 Å². The standard InChI is InChI=1S/C10H14N2S/c1-7-5-9(6-7)13-10-4-3-8(2)11-12-10/h3-4,7,9,11H,2,5-6H2,1H3. The molecule has 1 aliphatic heterocycles. The number of hydrogen-bond acceptors (Lipinski definition) is 3. The van der Waals surface area contributed by atoms with Crippen molar-refractivity contribution in [1.29, 1.82) is 0 Å². The molecule has 1 aliphatic carbocycles. The van der Waals surface area contributed by atoms with E-state index in [1.54, 1.807) is 0 Å². The Morgan fingerprint density at radius 2 is 2.31 bits per heavy atom. The van der Waals surface area contributed by atoms with Gasteiger partial charge in [-0.25, -0.2) is 0 Å². The maximum atomic E-state index is 4.20. The molecule has 0 radical (unpaired) electrons. The predicted molar refractivity (Wildman–Crippen MR) is 58.6 cm³/mol. The van der Waals surface area contributed by atoms with Crippen LogP contribution in [0.4, 0.5) is 0 Å². The average molecular weight is 194 g/mol. The molecular formula is C10H14N2S. The van der Waals surface area contributed by atoms with Gasteiger partial charge in [0.2, 0.25) is 0 Å². The molecule has 0 bridgehead atoms.